The van der Waals surface area contributed by atoms with Crippen LogP contribution in [0.5, 0.6) is 0 Å². The summed E-state index contributed by atoms with van der Waals surface area (Å²) in [5.74, 6) is -0.653. The zero-order valence-corrected chi connectivity index (χ0v) is 15.8. The Morgan fingerprint density at radius 3 is 2.42 bits per heavy atom. The molecular weight excluding hydrogens is 439 g/mol. The highest BCUT2D eigenvalue weighted by Crippen LogP contribution is 2.12. The Labute approximate surface area is 158 Å². The van der Waals surface area contributed by atoms with Crippen molar-refractivity contribution in [2.45, 2.75) is 6.92 Å². The van der Waals surface area contributed by atoms with Crippen molar-refractivity contribution in [3.63, 3.8) is 0 Å². The summed E-state index contributed by atoms with van der Waals surface area (Å²) in [5.41, 5.74) is 1.67. The summed E-state index contributed by atoms with van der Waals surface area (Å²) in [6.07, 6.45) is 0. The van der Waals surface area contributed by atoms with Gasteiger partial charge in [0.1, 0.15) is 0 Å². The van der Waals surface area contributed by atoms with Gasteiger partial charge in [-0.3, -0.25) is 10.1 Å². The minimum absolute atomic E-state index is 0.184. The third kappa shape index (κ3) is 5.00. The first-order valence-electron chi connectivity index (χ1n) is 7.15. The number of anilines is 1. The lowest BCUT2D eigenvalue weighted by Gasteiger charge is -2.11. The number of halogens is 1. The van der Waals surface area contributed by atoms with E-state index in [0.29, 0.717) is 23.4 Å². The van der Waals surface area contributed by atoms with Crippen LogP contribution < -0.4 is 10.6 Å². The van der Waals surface area contributed by atoms with Crippen LogP contribution in [0.15, 0.2) is 48.5 Å². The lowest BCUT2D eigenvalue weighted by molar-refractivity contribution is 0.0526. The van der Waals surface area contributed by atoms with Crippen LogP contribution >= 0.6 is 34.8 Å². The Morgan fingerprint density at radius 2 is 1.79 bits per heavy atom. The highest BCUT2D eigenvalue weighted by Gasteiger charge is 2.11. The van der Waals surface area contributed by atoms with Crippen LogP contribution in [0.25, 0.3) is 0 Å². The number of hydrogen-bond acceptors (Lipinski definition) is 4. The van der Waals surface area contributed by atoms with E-state index in [1.807, 2.05) is 12.1 Å². The summed E-state index contributed by atoms with van der Waals surface area (Å²) < 4.78 is 5.76. The quantitative estimate of drug-likeness (QED) is 0.420. The zero-order valence-electron chi connectivity index (χ0n) is 12.8. The van der Waals surface area contributed by atoms with Gasteiger partial charge in [0.25, 0.3) is 5.91 Å². The first kappa shape index (κ1) is 18.3. The summed E-state index contributed by atoms with van der Waals surface area (Å²) in [7, 11) is 0. The standard InChI is InChI=1S/C17H15IN2O3S/c1-2-23-16(22)11-7-9-12(10-8-11)19-17(24)20-15(21)13-5-3-4-6-14(13)18/h3-10H,2H2,1H3,(H2,19,20,21,24). The number of nitrogens with one attached hydrogen (secondary N) is 2. The number of rotatable bonds is 4. The maximum atomic E-state index is 12.2. The van der Waals surface area contributed by atoms with Gasteiger partial charge in [-0.25, -0.2) is 4.79 Å². The number of carbonyl (C=O) groups is 2. The van der Waals surface area contributed by atoms with Gasteiger partial charge in [0, 0.05) is 9.26 Å². The molecule has 0 saturated heterocycles. The van der Waals surface area contributed by atoms with Crippen molar-refractivity contribution in [1.29, 1.82) is 0 Å². The topological polar surface area (TPSA) is 67.4 Å². The van der Waals surface area contributed by atoms with Crippen molar-refractivity contribution in [2.75, 3.05) is 11.9 Å². The molecule has 2 rings (SSSR count). The van der Waals surface area contributed by atoms with Gasteiger partial charge < -0.3 is 10.1 Å². The summed E-state index contributed by atoms with van der Waals surface area (Å²) in [5, 5.41) is 5.72. The van der Waals surface area contributed by atoms with Crippen molar-refractivity contribution in [3.8, 4) is 0 Å². The average Bonchev–Trinajstić information content (AvgIpc) is 2.56. The normalized spacial score (nSPS) is 9.92. The average molecular weight is 454 g/mol. The number of hydrogen-bond donors (Lipinski definition) is 2. The van der Waals surface area contributed by atoms with E-state index in [1.54, 1.807) is 43.3 Å². The molecule has 0 aliphatic heterocycles. The smallest absolute Gasteiger partial charge is 0.338 e. The molecule has 1 amide bonds. The van der Waals surface area contributed by atoms with Gasteiger partial charge in [-0.05, 0) is 78.1 Å². The molecule has 0 spiro atoms. The number of ether oxygens (including phenoxy) is 1. The summed E-state index contributed by atoms with van der Waals surface area (Å²) in [6.45, 7) is 2.08. The van der Waals surface area contributed by atoms with Crippen LogP contribution in [0, 0.1) is 3.57 Å². The molecule has 0 aliphatic rings. The van der Waals surface area contributed by atoms with E-state index in [-0.39, 0.29) is 17.0 Å². The van der Waals surface area contributed by atoms with Crippen molar-refractivity contribution in [2.24, 2.45) is 0 Å². The lowest BCUT2D eigenvalue weighted by Crippen LogP contribution is -2.34. The van der Waals surface area contributed by atoms with Crippen molar-refractivity contribution in [1.82, 2.24) is 5.32 Å². The molecule has 2 N–H and O–H groups in total. The highest BCUT2D eigenvalue weighted by atomic mass is 127. The van der Waals surface area contributed by atoms with Gasteiger partial charge >= 0.3 is 5.97 Å². The lowest BCUT2D eigenvalue weighted by atomic mass is 10.2. The molecule has 0 aliphatic carbocycles. The molecule has 124 valence electrons. The van der Waals surface area contributed by atoms with Crippen molar-refractivity contribution in [3.05, 3.63) is 63.2 Å². The second-order valence-electron chi connectivity index (χ2n) is 4.69. The monoisotopic (exact) mass is 454 g/mol. The molecule has 2 aromatic rings. The molecule has 0 fully saturated rings. The molecule has 0 unspecified atom stereocenters. The van der Waals surface area contributed by atoms with Crippen LogP contribution in [0.4, 0.5) is 5.69 Å². The SMILES string of the molecule is CCOC(=O)c1ccc(NC(=S)NC(=O)c2ccccc2I)cc1. The minimum Gasteiger partial charge on any atom is -0.462 e. The van der Waals surface area contributed by atoms with E-state index in [0.717, 1.165) is 3.57 Å². The second-order valence-corrected chi connectivity index (χ2v) is 6.26. The van der Waals surface area contributed by atoms with Gasteiger partial charge in [-0.1, -0.05) is 12.1 Å². The molecule has 5 nitrogen and oxygen atoms in total. The van der Waals surface area contributed by atoms with E-state index in [9.17, 15) is 9.59 Å². The Hall–Kier alpha value is -2.00. The van der Waals surface area contributed by atoms with Gasteiger partial charge in [-0.15, -0.1) is 0 Å². The number of amides is 1. The molecule has 0 atom stereocenters. The van der Waals surface area contributed by atoms with E-state index in [1.165, 1.54) is 0 Å². The number of benzene rings is 2. The van der Waals surface area contributed by atoms with E-state index < -0.39 is 0 Å². The van der Waals surface area contributed by atoms with E-state index >= 15 is 0 Å². The molecule has 0 saturated carbocycles. The molecule has 2 aromatic carbocycles. The van der Waals surface area contributed by atoms with Crippen LogP contribution in [-0.2, 0) is 4.74 Å². The van der Waals surface area contributed by atoms with Crippen LogP contribution in [-0.4, -0.2) is 23.6 Å². The maximum absolute atomic E-state index is 12.2. The van der Waals surface area contributed by atoms with Crippen LogP contribution in [0.3, 0.4) is 0 Å². The summed E-state index contributed by atoms with van der Waals surface area (Å²) >= 11 is 7.24. The summed E-state index contributed by atoms with van der Waals surface area (Å²) in [4.78, 5) is 23.8. The summed E-state index contributed by atoms with van der Waals surface area (Å²) in [6, 6.07) is 13.9. The molecule has 24 heavy (non-hydrogen) atoms. The fraction of sp³-hybridized carbons (Fsp3) is 0.118. The van der Waals surface area contributed by atoms with Gasteiger partial charge in [0.15, 0.2) is 5.11 Å². The minimum atomic E-state index is -0.376. The number of carbonyl (C=O) groups excluding carboxylic acids is 2. The van der Waals surface area contributed by atoms with Crippen LogP contribution in [0.2, 0.25) is 0 Å². The first-order valence-corrected chi connectivity index (χ1v) is 8.64. The van der Waals surface area contributed by atoms with E-state index in [4.69, 9.17) is 17.0 Å². The molecule has 0 bridgehead atoms. The molecule has 0 aromatic heterocycles. The Morgan fingerprint density at radius 1 is 1.12 bits per heavy atom. The second kappa shape index (κ2) is 8.74. The number of esters is 1. The predicted octanol–water partition coefficient (Wildman–Crippen LogP) is 3.59. The van der Waals surface area contributed by atoms with Gasteiger partial charge in [0.2, 0.25) is 0 Å². The fourth-order valence-corrected chi connectivity index (χ4v) is 2.73. The predicted molar refractivity (Wildman–Crippen MR) is 105 cm³/mol. The van der Waals surface area contributed by atoms with Gasteiger partial charge in [-0.2, -0.15) is 0 Å². The Balaban J connectivity index is 1.96. The van der Waals surface area contributed by atoms with Crippen molar-refractivity contribution < 1.29 is 14.3 Å². The number of thiocarbonyl (C=S) groups is 1. The third-order valence-corrected chi connectivity index (χ3v) is 4.14. The van der Waals surface area contributed by atoms with Gasteiger partial charge in [0.05, 0.1) is 17.7 Å². The largest absolute Gasteiger partial charge is 0.462 e. The molecular formula is C17H15IN2O3S. The Kier molecular flexibility index (Phi) is 6.68. The van der Waals surface area contributed by atoms with E-state index in [2.05, 4.69) is 33.2 Å². The first-order chi connectivity index (χ1) is 11.5. The van der Waals surface area contributed by atoms with Crippen LogP contribution in [0.1, 0.15) is 27.6 Å². The highest BCUT2D eigenvalue weighted by molar-refractivity contribution is 14.1. The molecule has 0 radical (unpaired) electrons. The zero-order chi connectivity index (χ0) is 17.5. The Bertz CT molecular complexity index is 763. The fourth-order valence-electron chi connectivity index (χ4n) is 1.88. The maximum Gasteiger partial charge on any atom is 0.338 e. The molecule has 7 heteroatoms. The van der Waals surface area contributed by atoms with Crippen molar-refractivity contribution >= 4 is 57.5 Å². The third-order valence-electron chi connectivity index (χ3n) is 3.00. The molecule has 0 heterocycles.